The van der Waals surface area contributed by atoms with Gasteiger partial charge in [0.05, 0.1) is 5.75 Å². The third-order valence-electron chi connectivity index (χ3n) is 2.96. The van der Waals surface area contributed by atoms with E-state index in [1.54, 1.807) is 24.4 Å². The van der Waals surface area contributed by atoms with Gasteiger partial charge in [-0.15, -0.1) is 11.6 Å². The summed E-state index contributed by atoms with van der Waals surface area (Å²) in [6.07, 6.45) is 2.82. The first-order valence-corrected chi connectivity index (χ1v) is 8.83. The minimum atomic E-state index is -3.37. The molecule has 0 amide bonds. The number of alkyl halides is 1. The monoisotopic (exact) mass is 324 g/mol. The molecule has 0 aliphatic heterocycles. The molecule has 0 fully saturated rings. The Bertz CT molecular complexity index is 658. The highest BCUT2D eigenvalue weighted by atomic mass is 35.5. The molecule has 0 unspecified atom stereocenters. The predicted octanol–water partition coefficient (Wildman–Crippen LogP) is 2.85. The Morgan fingerprint density at radius 3 is 2.43 bits per heavy atom. The minimum Gasteiger partial charge on any atom is -0.284 e. The zero-order valence-corrected chi connectivity index (χ0v) is 13.1. The van der Waals surface area contributed by atoms with Gasteiger partial charge in [0, 0.05) is 29.9 Å². The average molecular weight is 325 g/mol. The summed E-state index contributed by atoms with van der Waals surface area (Å²) in [6.45, 7) is 0. The van der Waals surface area contributed by atoms with E-state index in [-0.39, 0.29) is 5.75 Å². The van der Waals surface area contributed by atoms with Gasteiger partial charge in [0.2, 0.25) is 10.0 Å². The predicted molar refractivity (Wildman–Crippen MR) is 86.2 cm³/mol. The van der Waals surface area contributed by atoms with Crippen LogP contribution in [-0.4, -0.2) is 25.0 Å². The van der Waals surface area contributed by atoms with Crippen LogP contribution in [0.3, 0.4) is 0 Å². The summed E-state index contributed by atoms with van der Waals surface area (Å²) in [7, 11) is -3.37. The molecule has 21 heavy (non-hydrogen) atoms. The van der Waals surface area contributed by atoms with Gasteiger partial charge in [-0.25, -0.2) is 8.42 Å². The Morgan fingerprint density at radius 1 is 1.05 bits per heavy atom. The van der Waals surface area contributed by atoms with Crippen molar-refractivity contribution in [3.63, 3.8) is 0 Å². The maximum absolute atomic E-state index is 12.0. The Morgan fingerprint density at radius 2 is 1.81 bits per heavy atom. The van der Waals surface area contributed by atoms with E-state index in [0.717, 1.165) is 17.7 Å². The Hall–Kier alpha value is -1.59. The zero-order chi connectivity index (χ0) is 15.1. The highest BCUT2D eigenvalue weighted by Gasteiger charge is 2.11. The highest BCUT2D eigenvalue weighted by molar-refractivity contribution is 7.92. The van der Waals surface area contributed by atoms with E-state index in [4.69, 9.17) is 11.6 Å². The number of benzene rings is 1. The quantitative estimate of drug-likeness (QED) is 0.797. The van der Waals surface area contributed by atoms with E-state index in [9.17, 15) is 8.42 Å². The molecule has 0 bridgehead atoms. The van der Waals surface area contributed by atoms with Crippen LogP contribution in [0.5, 0.6) is 0 Å². The van der Waals surface area contributed by atoms with Gasteiger partial charge in [-0.3, -0.25) is 9.71 Å². The summed E-state index contributed by atoms with van der Waals surface area (Å²) in [5.41, 5.74) is 2.41. The van der Waals surface area contributed by atoms with Crippen molar-refractivity contribution in [1.29, 1.82) is 0 Å². The Kier molecular flexibility index (Phi) is 5.59. The fourth-order valence-corrected chi connectivity index (χ4v) is 3.16. The van der Waals surface area contributed by atoms with Crippen molar-refractivity contribution in [3.05, 3.63) is 59.9 Å². The molecule has 0 spiro atoms. The van der Waals surface area contributed by atoms with Crippen molar-refractivity contribution < 1.29 is 8.42 Å². The molecule has 2 aromatic rings. The second kappa shape index (κ2) is 7.43. The molecule has 4 nitrogen and oxygen atoms in total. The van der Waals surface area contributed by atoms with Gasteiger partial charge in [-0.2, -0.15) is 0 Å². The number of pyridine rings is 1. The largest absolute Gasteiger partial charge is 0.284 e. The number of hydrogen-bond donors (Lipinski definition) is 1. The Balaban J connectivity index is 1.94. The number of hydrogen-bond acceptors (Lipinski definition) is 3. The number of sulfonamides is 1. The van der Waals surface area contributed by atoms with Crippen LogP contribution < -0.4 is 4.72 Å². The van der Waals surface area contributed by atoms with Gasteiger partial charge in [0.1, 0.15) is 0 Å². The molecular weight excluding hydrogens is 308 g/mol. The van der Waals surface area contributed by atoms with Gasteiger partial charge in [0.15, 0.2) is 0 Å². The maximum atomic E-state index is 12.0. The topological polar surface area (TPSA) is 59.1 Å². The van der Waals surface area contributed by atoms with E-state index in [1.165, 1.54) is 0 Å². The van der Waals surface area contributed by atoms with E-state index < -0.39 is 10.0 Å². The molecule has 1 aromatic heterocycles. The maximum Gasteiger partial charge on any atom is 0.233 e. The third-order valence-corrected chi connectivity index (χ3v) is 4.44. The number of halogens is 1. The summed E-state index contributed by atoms with van der Waals surface area (Å²) in [6, 6.07) is 12.7. The molecule has 0 saturated heterocycles. The second-order valence-electron chi connectivity index (χ2n) is 4.63. The van der Waals surface area contributed by atoms with Crippen LogP contribution in [0.15, 0.2) is 48.7 Å². The van der Waals surface area contributed by atoms with Crippen molar-refractivity contribution in [3.8, 4) is 0 Å². The smallest absolute Gasteiger partial charge is 0.233 e. The van der Waals surface area contributed by atoms with Crippen LogP contribution in [0, 0.1) is 0 Å². The van der Waals surface area contributed by atoms with Crippen molar-refractivity contribution in [2.24, 2.45) is 0 Å². The van der Waals surface area contributed by atoms with E-state index >= 15 is 0 Å². The standard InChI is InChI=1S/C15H17ClN2O2S/c16-10-8-13-4-6-15(7-5-13)18-21(19,20)12-9-14-3-1-2-11-17-14/h1-7,11,18H,8-10,12H2. The number of aromatic nitrogens is 1. The number of anilines is 1. The molecule has 0 atom stereocenters. The van der Waals surface area contributed by atoms with Crippen LogP contribution in [-0.2, 0) is 22.9 Å². The fraction of sp³-hybridized carbons (Fsp3) is 0.267. The van der Waals surface area contributed by atoms with Crippen molar-refractivity contribution >= 4 is 27.3 Å². The molecular formula is C15H17ClN2O2S. The summed E-state index contributed by atoms with van der Waals surface area (Å²) in [5.74, 6) is 0.558. The van der Waals surface area contributed by atoms with Crippen LogP contribution in [0.4, 0.5) is 5.69 Å². The normalized spacial score (nSPS) is 11.3. The summed E-state index contributed by atoms with van der Waals surface area (Å²) < 4.78 is 26.6. The molecule has 0 radical (unpaired) electrons. The van der Waals surface area contributed by atoms with Crippen LogP contribution in [0.25, 0.3) is 0 Å². The van der Waals surface area contributed by atoms with Gasteiger partial charge < -0.3 is 0 Å². The van der Waals surface area contributed by atoms with Crippen molar-refractivity contribution in [2.45, 2.75) is 12.8 Å². The number of aryl methyl sites for hydroxylation is 2. The summed E-state index contributed by atoms with van der Waals surface area (Å²) in [5, 5.41) is 0. The first-order valence-electron chi connectivity index (χ1n) is 6.64. The zero-order valence-electron chi connectivity index (χ0n) is 11.5. The molecule has 112 valence electrons. The van der Waals surface area contributed by atoms with Gasteiger partial charge in [-0.05, 0) is 36.2 Å². The molecule has 0 aliphatic carbocycles. The minimum absolute atomic E-state index is 0.00739. The van der Waals surface area contributed by atoms with Crippen LogP contribution in [0.2, 0.25) is 0 Å². The average Bonchev–Trinajstić information content (AvgIpc) is 2.48. The third kappa shape index (κ3) is 5.36. The highest BCUT2D eigenvalue weighted by Crippen LogP contribution is 2.13. The number of nitrogens with zero attached hydrogens (tertiary/aromatic N) is 1. The van der Waals surface area contributed by atoms with Crippen molar-refractivity contribution in [1.82, 2.24) is 4.98 Å². The van der Waals surface area contributed by atoms with E-state index in [0.29, 0.717) is 18.0 Å². The Labute approximate surface area is 130 Å². The first-order chi connectivity index (χ1) is 10.1. The molecule has 0 saturated carbocycles. The first kappa shape index (κ1) is 15.8. The molecule has 0 aliphatic rings. The molecule has 1 N–H and O–H groups in total. The lowest BCUT2D eigenvalue weighted by Crippen LogP contribution is -2.18. The lowest BCUT2D eigenvalue weighted by atomic mass is 10.2. The molecule has 1 heterocycles. The van der Waals surface area contributed by atoms with Gasteiger partial charge >= 0.3 is 0 Å². The fourth-order valence-electron chi connectivity index (χ4n) is 1.86. The second-order valence-corrected chi connectivity index (χ2v) is 6.85. The SMILES string of the molecule is O=S(=O)(CCc1ccccn1)Nc1ccc(CCCl)cc1. The van der Waals surface area contributed by atoms with E-state index in [2.05, 4.69) is 9.71 Å². The van der Waals surface area contributed by atoms with Crippen molar-refractivity contribution in [2.75, 3.05) is 16.4 Å². The van der Waals surface area contributed by atoms with Crippen LogP contribution in [0.1, 0.15) is 11.3 Å². The number of nitrogens with one attached hydrogen (secondary N) is 1. The number of rotatable bonds is 7. The van der Waals surface area contributed by atoms with Gasteiger partial charge in [0.25, 0.3) is 0 Å². The summed E-state index contributed by atoms with van der Waals surface area (Å²) in [4.78, 5) is 4.12. The lowest BCUT2D eigenvalue weighted by Gasteiger charge is -2.08. The molecule has 1 aromatic carbocycles. The van der Waals surface area contributed by atoms with Gasteiger partial charge in [-0.1, -0.05) is 18.2 Å². The summed E-state index contributed by atoms with van der Waals surface area (Å²) >= 11 is 5.66. The molecule has 2 rings (SSSR count). The lowest BCUT2D eigenvalue weighted by molar-refractivity contribution is 0.600. The van der Waals surface area contributed by atoms with E-state index in [1.807, 2.05) is 24.3 Å². The molecule has 6 heteroatoms. The van der Waals surface area contributed by atoms with Crippen LogP contribution >= 0.6 is 11.6 Å².